The van der Waals surface area contributed by atoms with Crippen LogP contribution in [0, 0.1) is 42.6 Å². The largest absolute Gasteiger partial charge is 0.487 e. The van der Waals surface area contributed by atoms with Gasteiger partial charge in [-0.25, -0.2) is 9.89 Å². The monoisotopic (exact) mass is 700 g/mol. The Kier molecular flexibility index (Phi) is 5.50. The van der Waals surface area contributed by atoms with E-state index in [0.29, 0.717) is 24.1 Å². The van der Waals surface area contributed by atoms with Crippen molar-refractivity contribution in [3.63, 3.8) is 0 Å². The van der Waals surface area contributed by atoms with Gasteiger partial charge in [-0.3, -0.25) is 9.59 Å². The van der Waals surface area contributed by atoms with Crippen molar-refractivity contribution in [2.24, 2.45) is 40.5 Å². The Morgan fingerprint density at radius 1 is 0.917 bits per heavy atom. The maximum Gasteiger partial charge on any atom is 0.239 e. The highest BCUT2D eigenvalue weighted by atomic mass is 127. The molecule has 7 heteroatoms. The van der Waals surface area contributed by atoms with Crippen LogP contribution >= 0.6 is 45.2 Å². The van der Waals surface area contributed by atoms with Crippen molar-refractivity contribution < 1.29 is 14.3 Å². The molecule has 1 saturated heterocycles. The standard InChI is InChI=1S/C29H22I2N2O3/c30-23-10-17(11-24(31)27(23)36-13-16-6-3-5-15-4-1-2-7-18(15)16)32-14-33-28(34)25-19-8-9-20(22-12-21(19)22)26(25)29(33)35/h1-11,14,19-22,25-26H,12-13H2. The molecule has 1 aliphatic heterocycles. The minimum Gasteiger partial charge on any atom is -0.487 e. The quantitative estimate of drug-likeness (QED) is 0.103. The van der Waals surface area contributed by atoms with Gasteiger partial charge in [-0.05, 0) is 104 Å². The number of rotatable bonds is 5. The topological polar surface area (TPSA) is 59.0 Å². The fraction of sp³-hybridized carbons (Fsp3) is 0.276. The van der Waals surface area contributed by atoms with Gasteiger partial charge in [0.2, 0.25) is 11.8 Å². The number of allylic oxidation sites excluding steroid dienone is 2. The fourth-order valence-electron chi connectivity index (χ4n) is 6.55. The van der Waals surface area contributed by atoms with Crippen molar-refractivity contribution in [2.75, 3.05) is 0 Å². The molecule has 0 N–H and O–H groups in total. The van der Waals surface area contributed by atoms with Gasteiger partial charge < -0.3 is 4.74 Å². The van der Waals surface area contributed by atoms with Crippen molar-refractivity contribution in [3.05, 3.63) is 79.5 Å². The first-order chi connectivity index (χ1) is 17.5. The lowest BCUT2D eigenvalue weighted by molar-refractivity contribution is -0.134. The smallest absolute Gasteiger partial charge is 0.239 e. The van der Waals surface area contributed by atoms with E-state index in [-0.39, 0.29) is 35.5 Å². The van der Waals surface area contributed by atoms with Crippen molar-refractivity contribution in [2.45, 2.75) is 13.0 Å². The minimum absolute atomic E-state index is 0.0853. The van der Waals surface area contributed by atoms with Crippen LogP contribution in [-0.4, -0.2) is 23.1 Å². The molecule has 2 amide bonds. The van der Waals surface area contributed by atoms with Crippen molar-refractivity contribution in [1.29, 1.82) is 0 Å². The summed E-state index contributed by atoms with van der Waals surface area (Å²) < 4.78 is 8.11. The number of nitrogens with zero attached hydrogens (tertiary/aromatic N) is 2. The van der Waals surface area contributed by atoms with Crippen LogP contribution in [0.2, 0.25) is 0 Å². The van der Waals surface area contributed by atoms with Crippen LogP contribution in [0.25, 0.3) is 10.8 Å². The maximum absolute atomic E-state index is 13.2. The average Bonchev–Trinajstić information content (AvgIpc) is 3.66. The Hall–Kier alpha value is -2.27. The van der Waals surface area contributed by atoms with E-state index in [1.165, 1.54) is 22.0 Å². The number of imide groups is 1. The normalized spacial score (nSPS) is 29.8. The van der Waals surface area contributed by atoms with Crippen molar-refractivity contribution in [1.82, 2.24) is 4.90 Å². The molecule has 180 valence electrons. The van der Waals surface area contributed by atoms with Crippen LogP contribution in [0.3, 0.4) is 0 Å². The van der Waals surface area contributed by atoms with Gasteiger partial charge in [0.25, 0.3) is 0 Å². The third-order valence-electron chi connectivity index (χ3n) is 8.25. The Bertz CT molecular complexity index is 1430. The molecular weight excluding hydrogens is 678 g/mol. The summed E-state index contributed by atoms with van der Waals surface area (Å²) in [6.45, 7) is 0.466. The Morgan fingerprint density at radius 3 is 2.25 bits per heavy atom. The lowest BCUT2D eigenvalue weighted by Gasteiger charge is -2.37. The summed E-state index contributed by atoms with van der Waals surface area (Å²) in [6.07, 6.45) is 6.98. The summed E-state index contributed by atoms with van der Waals surface area (Å²) >= 11 is 4.51. The van der Waals surface area contributed by atoms with Crippen LogP contribution in [0.4, 0.5) is 5.69 Å². The zero-order chi connectivity index (χ0) is 24.6. The molecule has 0 aromatic heterocycles. The molecule has 0 radical (unpaired) electrons. The molecule has 1 heterocycles. The predicted octanol–water partition coefficient (Wildman–Crippen LogP) is 6.34. The third kappa shape index (κ3) is 3.56. The molecular formula is C29H22I2N2O3. The number of hydrogen-bond donors (Lipinski definition) is 0. The van der Waals surface area contributed by atoms with Gasteiger partial charge in [0.1, 0.15) is 18.7 Å². The Morgan fingerprint density at radius 2 is 1.56 bits per heavy atom. The molecule has 4 aliphatic carbocycles. The summed E-state index contributed by atoms with van der Waals surface area (Å²) in [6, 6.07) is 18.4. The summed E-state index contributed by atoms with van der Waals surface area (Å²) in [4.78, 5) is 32.2. The molecule has 3 aromatic carbocycles. The van der Waals surface area contributed by atoms with Crippen LogP contribution < -0.4 is 4.74 Å². The number of hydrogen-bond acceptors (Lipinski definition) is 4. The SMILES string of the molecule is O=C1C2C3C=CC(C4CC34)C2C(=O)N1C=Nc1cc(I)c(OCc2cccc3ccccc23)c(I)c1. The van der Waals surface area contributed by atoms with Crippen LogP contribution in [0.5, 0.6) is 5.75 Å². The van der Waals surface area contributed by atoms with Crippen LogP contribution in [0.15, 0.2) is 71.7 Å². The number of amides is 2. The molecule has 5 nitrogen and oxygen atoms in total. The Labute approximate surface area is 236 Å². The number of fused-ring (bicyclic) bond motifs is 1. The molecule has 36 heavy (non-hydrogen) atoms. The molecule has 6 unspecified atom stereocenters. The summed E-state index contributed by atoms with van der Waals surface area (Å²) in [7, 11) is 0. The number of likely N-dealkylation sites (tertiary alicyclic amines) is 1. The summed E-state index contributed by atoms with van der Waals surface area (Å²) in [5.74, 6) is 1.87. The average molecular weight is 700 g/mol. The van der Waals surface area contributed by atoms with Crippen molar-refractivity contribution >= 4 is 79.8 Å². The van der Waals surface area contributed by atoms with E-state index < -0.39 is 0 Å². The van der Waals surface area contributed by atoms with Gasteiger partial charge in [-0.2, -0.15) is 0 Å². The van der Waals surface area contributed by atoms with Gasteiger partial charge in [0.15, 0.2) is 0 Å². The fourth-order valence-corrected chi connectivity index (χ4v) is 8.59. The second-order valence-electron chi connectivity index (χ2n) is 10.1. The molecule has 8 rings (SSSR count). The molecule has 5 aliphatic rings. The first-order valence-electron chi connectivity index (χ1n) is 12.2. The first-order valence-corrected chi connectivity index (χ1v) is 14.3. The third-order valence-corrected chi connectivity index (χ3v) is 9.86. The lowest BCUT2D eigenvalue weighted by atomic mass is 9.63. The first kappa shape index (κ1) is 22.9. The molecule has 2 bridgehead atoms. The van der Waals surface area contributed by atoms with Gasteiger partial charge in [0.05, 0.1) is 24.7 Å². The number of halogens is 2. The number of carbonyl (C=O) groups excluding carboxylic acids is 2. The van der Waals surface area contributed by atoms with E-state index >= 15 is 0 Å². The summed E-state index contributed by atoms with van der Waals surface area (Å²) in [5.41, 5.74) is 1.83. The highest BCUT2D eigenvalue weighted by Gasteiger charge is 2.66. The second-order valence-corrected chi connectivity index (χ2v) is 12.4. The second kappa shape index (κ2) is 8.65. The van der Waals surface area contributed by atoms with E-state index in [1.54, 1.807) is 0 Å². The van der Waals surface area contributed by atoms with Gasteiger partial charge in [0, 0.05) is 0 Å². The molecule has 3 aromatic rings. The number of benzene rings is 3. The molecule has 2 saturated carbocycles. The van der Waals surface area contributed by atoms with Crippen molar-refractivity contribution in [3.8, 4) is 5.75 Å². The Balaban J connectivity index is 1.09. The molecule has 6 atom stereocenters. The lowest BCUT2D eigenvalue weighted by Crippen LogP contribution is -2.40. The highest BCUT2D eigenvalue weighted by molar-refractivity contribution is 14.1. The van der Waals surface area contributed by atoms with E-state index in [4.69, 9.17) is 4.74 Å². The van der Waals surface area contributed by atoms with Crippen LogP contribution in [-0.2, 0) is 16.2 Å². The number of carbonyl (C=O) groups is 2. The van der Waals surface area contributed by atoms with E-state index in [9.17, 15) is 9.59 Å². The van der Waals surface area contributed by atoms with Crippen LogP contribution in [0.1, 0.15) is 12.0 Å². The number of aliphatic imine (C=N–C) groups is 1. The van der Waals surface area contributed by atoms with E-state index in [2.05, 4.69) is 92.7 Å². The maximum atomic E-state index is 13.2. The predicted molar refractivity (Wildman–Crippen MR) is 155 cm³/mol. The van der Waals surface area contributed by atoms with E-state index in [1.807, 2.05) is 24.3 Å². The zero-order valence-corrected chi connectivity index (χ0v) is 23.5. The van der Waals surface area contributed by atoms with E-state index in [0.717, 1.165) is 24.9 Å². The minimum atomic E-state index is -0.201. The van der Waals surface area contributed by atoms with Gasteiger partial charge >= 0.3 is 0 Å². The number of ether oxygens (including phenoxy) is 1. The zero-order valence-electron chi connectivity index (χ0n) is 19.2. The molecule has 3 fully saturated rings. The van der Waals surface area contributed by atoms with Gasteiger partial charge in [-0.1, -0.05) is 54.6 Å². The van der Waals surface area contributed by atoms with Gasteiger partial charge in [-0.15, -0.1) is 0 Å². The molecule has 0 spiro atoms. The highest BCUT2D eigenvalue weighted by Crippen LogP contribution is 2.65. The summed E-state index contributed by atoms with van der Waals surface area (Å²) in [5, 5.41) is 2.38.